The van der Waals surface area contributed by atoms with E-state index in [1.54, 1.807) is 6.92 Å². The molecule has 7 nitrogen and oxygen atoms in total. The molecule has 1 unspecified atom stereocenters. The highest BCUT2D eigenvalue weighted by Gasteiger charge is 2.54. The first-order chi connectivity index (χ1) is 14.3. The molecule has 8 heteroatoms. The van der Waals surface area contributed by atoms with Gasteiger partial charge in [-0.2, -0.15) is 0 Å². The summed E-state index contributed by atoms with van der Waals surface area (Å²) >= 11 is 1.42. The number of hydrogen-bond acceptors (Lipinski definition) is 5. The second kappa shape index (κ2) is 7.83. The van der Waals surface area contributed by atoms with Gasteiger partial charge in [-0.15, -0.1) is 11.3 Å². The van der Waals surface area contributed by atoms with Gasteiger partial charge in [0.2, 0.25) is 5.91 Å². The fourth-order valence-corrected chi connectivity index (χ4v) is 5.17. The molecule has 2 N–H and O–H groups in total. The maximum atomic E-state index is 12.9. The van der Waals surface area contributed by atoms with Crippen LogP contribution in [-0.2, 0) is 16.0 Å². The van der Waals surface area contributed by atoms with Gasteiger partial charge in [-0.05, 0) is 39.2 Å². The number of urea groups is 1. The van der Waals surface area contributed by atoms with Crippen molar-refractivity contribution in [1.82, 2.24) is 15.2 Å². The summed E-state index contributed by atoms with van der Waals surface area (Å²) in [5.41, 5.74) is 2.44. The molecule has 2 aromatic rings. The standard InChI is InChI=1S/C22H26N4O3S/c1-13-6-8-16(9-7-13)12-17-14(2)23-20(30-17)24-18(27)15(3)26-19(28)22(25-21(26)29)10-4-5-11-22/h6-9,15H,4-5,10-12H2,1-3H3,(H,25,29)(H,23,24,27). The Morgan fingerprint density at radius 1 is 1.23 bits per heavy atom. The lowest BCUT2D eigenvalue weighted by Crippen LogP contribution is -2.48. The van der Waals surface area contributed by atoms with Gasteiger partial charge < -0.3 is 10.6 Å². The van der Waals surface area contributed by atoms with Crippen LogP contribution in [-0.4, -0.2) is 39.3 Å². The molecule has 0 bridgehead atoms. The van der Waals surface area contributed by atoms with Crippen molar-refractivity contribution in [2.75, 3.05) is 5.32 Å². The summed E-state index contributed by atoms with van der Waals surface area (Å²) in [7, 11) is 0. The lowest BCUT2D eigenvalue weighted by molar-refractivity contribution is -0.136. The summed E-state index contributed by atoms with van der Waals surface area (Å²) in [4.78, 5) is 44.7. The number of benzene rings is 1. The van der Waals surface area contributed by atoms with Crippen molar-refractivity contribution in [1.29, 1.82) is 0 Å². The van der Waals surface area contributed by atoms with Gasteiger partial charge >= 0.3 is 6.03 Å². The number of aromatic nitrogens is 1. The molecular formula is C22H26N4O3S. The molecule has 1 aliphatic carbocycles. The SMILES string of the molecule is Cc1ccc(Cc2sc(NC(=O)C(C)N3C(=O)NC4(CCCC4)C3=O)nc2C)cc1. The van der Waals surface area contributed by atoms with Crippen molar-refractivity contribution < 1.29 is 14.4 Å². The molecule has 0 radical (unpaired) electrons. The van der Waals surface area contributed by atoms with Gasteiger partial charge in [-0.25, -0.2) is 14.7 Å². The first-order valence-corrected chi connectivity index (χ1v) is 11.1. The summed E-state index contributed by atoms with van der Waals surface area (Å²) in [6.45, 7) is 5.55. The van der Waals surface area contributed by atoms with E-state index in [9.17, 15) is 14.4 Å². The Morgan fingerprint density at radius 2 is 1.90 bits per heavy atom. The van der Waals surface area contributed by atoms with E-state index < -0.39 is 23.5 Å². The second-order valence-electron chi connectivity index (χ2n) is 8.25. The Hall–Kier alpha value is -2.74. The van der Waals surface area contributed by atoms with Crippen LogP contribution in [0.4, 0.5) is 9.93 Å². The molecule has 1 aromatic heterocycles. The summed E-state index contributed by atoms with van der Waals surface area (Å²) in [6.07, 6.45) is 3.82. The van der Waals surface area contributed by atoms with E-state index in [4.69, 9.17) is 0 Å². The Kier molecular flexibility index (Phi) is 5.36. The molecule has 2 fully saturated rings. The van der Waals surface area contributed by atoms with Gasteiger partial charge in [-0.1, -0.05) is 42.7 Å². The number of nitrogens with one attached hydrogen (secondary N) is 2. The fourth-order valence-electron chi connectivity index (χ4n) is 4.17. The Labute approximate surface area is 179 Å². The summed E-state index contributed by atoms with van der Waals surface area (Å²) < 4.78 is 0. The van der Waals surface area contributed by atoms with Crippen LogP contribution in [0.5, 0.6) is 0 Å². The summed E-state index contributed by atoms with van der Waals surface area (Å²) in [5, 5.41) is 6.09. The smallest absolute Gasteiger partial charge is 0.323 e. The molecule has 1 aromatic carbocycles. The van der Waals surface area contributed by atoms with Crippen LogP contribution in [0.3, 0.4) is 0 Å². The first kappa shape index (κ1) is 20.5. The fraction of sp³-hybridized carbons (Fsp3) is 0.455. The highest BCUT2D eigenvalue weighted by molar-refractivity contribution is 7.15. The number of imide groups is 1. The predicted octanol–water partition coefficient (Wildman–Crippen LogP) is 3.54. The third-order valence-corrected chi connectivity index (χ3v) is 7.10. The van der Waals surface area contributed by atoms with E-state index in [0.29, 0.717) is 18.0 Å². The van der Waals surface area contributed by atoms with Crippen LogP contribution in [0.1, 0.15) is 54.3 Å². The normalized spacial score (nSPS) is 18.7. The molecular weight excluding hydrogens is 400 g/mol. The minimum Gasteiger partial charge on any atom is -0.323 e. The van der Waals surface area contributed by atoms with E-state index in [1.807, 2.05) is 6.92 Å². The van der Waals surface area contributed by atoms with Gasteiger partial charge in [0.05, 0.1) is 5.69 Å². The van der Waals surface area contributed by atoms with Crippen molar-refractivity contribution in [3.8, 4) is 0 Å². The van der Waals surface area contributed by atoms with Crippen LogP contribution in [0.15, 0.2) is 24.3 Å². The van der Waals surface area contributed by atoms with Crippen molar-refractivity contribution in [3.63, 3.8) is 0 Å². The third kappa shape index (κ3) is 3.71. The van der Waals surface area contributed by atoms with Crippen LogP contribution in [0, 0.1) is 13.8 Å². The van der Waals surface area contributed by atoms with E-state index in [1.165, 1.54) is 22.5 Å². The Bertz CT molecular complexity index is 992. The zero-order valence-corrected chi connectivity index (χ0v) is 18.3. The molecule has 158 valence electrons. The average Bonchev–Trinajstić information content (AvgIpc) is 3.37. The number of thiazole rings is 1. The zero-order valence-electron chi connectivity index (χ0n) is 17.4. The minimum absolute atomic E-state index is 0.289. The first-order valence-electron chi connectivity index (χ1n) is 10.3. The molecule has 1 saturated heterocycles. The Morgan fingerprint density at radius 3 is 2.57 bits per heavy atom. The molecule has 4 rings (SSSR count). The molecule has 2 aliphatic rings. The highest BCUT2D eigenvalue weighted by atomic mass is 32.1. The van der Waals surface area contributed by atoms with Crippen LogP contribution in [0.25, 0.3) is 0 Å². The largest absolute Gasteiger partial charge is 0.325 e. The van der Waals surface area contributed by atoms with Gasteiger partial charge in [0, 0.05) is 11.3 Å². The number of amides is 4. The number of carbonyl (C=O) groups excluding carboxylic acids is 3. The summed E-state index contributed by atoms with van der Waals surface area (Å²) in [6, 6.07) is 6.94. The lowest BCUT2D eigenvalue weighted by atomic mass is 9.97. The lowest BCUT2D eigenvalue weighted by Gasteiger charge is -2.23. The van der Waals surface area contributed by atoms with Crippen LogP contribution in [0.2, 0.25) is 0 Å². The van der Waals surface area contributed by atoms with Gasteiger partial charge in [0.25, 0.3) is 5.91 Å². The summed E-state index contributed by atoms with van der Waals surface area (Å²) in [5.74, 6) is -0.702. The second-order valence-corrected chi connectivity index (χ2v) is 9.33. The van der Waals surface area contributed by atoms with E-state index in [2.05, 4.69) is 46.8 Å². The van der Waals surface area contributed by atoms with Crippen molar-refractivity contribution in [2.24, 2.45) is 0 Å². The number of aryl methyl sites for hydroxylation is 2. The van der Waals surface area contributed by atoms with Crippen molar-refractivity contribution in [3.05, 3.63) is 46.0 Å². The van der Waals surface area contributed by atoms with Gasteiger partial charge in [0.15, 0.2) is 5.13 Å². The number of rotatable bonds is 5. The maximum Gasteiger partial charge on any atom is 0.325 e. The molecule has 30 heavy (non-hydrogen) atoms. The highest BCUT2D eigenvalue weighted by Crippen LogP contribution is 2.36. The van der Waals surface area contributed by atoms with E-state index in [0.717, 1.165) is 34.7 Å². The number of hydrogen-bond donors (Lipinski definition) is 2. The van der Waals surface area contributed by atoms with Crippen LogP contribution < -0.4 is 10.6 Å². The van der Waals surface area contributed by atoms with Crippen LogP contribution >= 0.6 is 11.3 Å². The van der Waals surface area contributed by atoms with E-state index >= 15 is 0 Å². The van der Waals surface area contributed by atoms with Crippen molar-refractivity contribution >= 4 is 34.3 Å². The number of carbonyl (C=O) groups is 3. The van der Waals surface area contributed by atoms with E-state index in [-0.39, 0.29) is 5.91 Å². The van der Waals surface area contributed by atoms with Gasteiger partial charge in [-0.3, -0.25) is 9.59 Å². The quantitative estimate of drug-likeness (QED) is 0.716. The zero-order chi connectivity index (χ0) is 21.5. The molecule has 1 saturated carbocycles. The topological polar surface area (TPSA) is 91.4 Å². The molecule has 1 aliphatic heterocycles. The number of nitrogens with zero attached hydrogens (tertiary/aromatic N) is 2. The maximum absolute atomic E-state index is 12.9. The predicted molar refractivity (Wildman–Crippen MR) is 116 cm³/mol. The minimum atomic E-state index is -0.901. The van der Waals surface area contributed by atoms with Crippen molar-refractivity contribution in [2.45, 2.75) is 64.5 Å². The average molecular weight is 427 g/mol. The monoisotopic (exact) mass is 426 g/mol. The molecule has 1 spiro atoms. The molecule has 4 amide bonds. The third-order valence-electron chi connectivity index (χ3n) is 6.03. The van der Waals surface area contributed by atoms with Gasteiger partial charge in [0.1, 0.15) is 11.6 Å². The molecule has 2 heterocycles. The number of anilines is 1. The molecule has 1 atom stereocenters. The Balaban J connectivity index is 1.44.